The van der Waals surface area contributed by atoms with Gasteiger partial charge in [0.05, 0.1) is 18.0 Å². The molecule has 4 heteroatoms. The zero-order chi connectivity index (χ0) is 12.0. The topological polar surface area (TPSA) is 38.3 Å². The highest BCUT2D eigenvalue weighted by Crippen LogP contribution is 2.20. The second kappa shape index (κ2) is 7.17. The van der Waals surface area contributed by atoms with E-state index in [0.717, 1.165) is 0 Å². The van der Waals surface area contributed by atoms with Crippen LogP contribution in [-0.2, 0) is 9.53 Å². The number of carbonyl (C=O) groups excluding carboxylic acids is 1. The molecule has 3 nitrogen and oxygen atoms in total. The first-order chi connectivity index (χ1) is 7.61. The van der Waals surface area contributed by atoms with Gasteiger partial charge in [-0.05, 0) is 18.8 Å². The molecule has 0 aromatic rings. The first kappa shape index (κ1) is 13.8. The molecule has 0 bridgehead atoms. The summed E-state index contributed by atoms with van der Waals surface area (Å²) in [4.78, 5) is 11.5. The fraction of sp³-hybridized carbons (Fsp3) is 0.917. The number of hydrogen-bond acceptors (Lipinski definition) is 3. The van der Waals surface area contributed by atoms with Gasteiger partial charge in [0, 0.05) is 6.54 Å². The van der Waals surface area contributed by atoms with Crippen molar-refractivity contribution in [2.24, 2.45) is 5.92 Å². The van der Waals surface area contributed by atoms with Crippen molar-refractivity contribution in [3.63, 3.8) is 0 Å². The number of amides is 1. The summed E-state index contributed by atoms with van der Waals surface area (Å²) in [5, 5.41) is 2.63. The Morgan fingerprint density at radius 2 is 2.06 bits per heavy atom. The third-order valence-electron chi connectivity index (χ3n) is 2.96. The molecule has 94 valence electrons. The fourth-order valence-electron chi connectivity index (χ4n) is 1.86. The quantitative estimate of drug-likeness (QED) is 0.555. The van der Waals surface area contributed by atoms with Crippen LogP contribution in [-0.4, -0.2) is 30.4 Å². The summed E-state index contributed by atoms with van der Waals surface area (Å²) >= 11 is 4.26. The Labute approximate surface area is 104 Å². The van der Waals surface area contributed by atoms with Crippen molar-refractivity contribution in [1.29, 1.82) is 0 Å². The van der Waals surface area contributed by atoms with Crippen molar-refractivity contribution in [1.82, 2.24) is 5.32 Å². The van der Waals surface area contributed by atoms with E-state index in [1.807, 2.05) is 13.8 Å². The minimum Gasteiger partial charge on any atom is -0.376 e. The van der Waals surface area contributed by atoms with Crippen LogP contribution in [0.2, 0.25) is 0 Å². The van der Waals surface area contributed by atoms with E-state index in [2.05, 4.69) is 17.9 Å². The van der Waals surface area contributed by atoms with Crippen LogP contribution >= 0.6 is 12.6 Å². The van der Waals surface area contributed by atoms with Gasteiger partial charge in [-0.3, -0.25) is 4.79 Å². The molecule has 1 aliphatic rings. The zero-order valence-electron chi connectivity index (χ0n) is 10.2. The molecular weight excluding hydrogens is 222 g/mol. The highest BCUT2D eigenvalue weighted by Gasteiger charge is 2.18. The maximum atomic E-state index is 11.5. The van der Waals surface area contributed by atoms with Gasteiger partial charge in [-0.1, -0.05) is 26.7 Å². The molecule has 1 aliphatic carbocycles. The monoisotopic (exact) mass is 245 g/mol. The third-order valence-corrected chi connectivity index (χ3v) is 3.79. The van der Waals surface area contributed by atoms with Gasteiger partial charge < -0.3 is 10.1 Å². The summed E-state index contributed by atoms with van der Waals surface area (Å²) in [5.74, 6) is 0.271. The van der Waals surface area contributed by atoms with Crippen LogP contribution in [0.1, 0.15) is 39.5 Å². The molecule has 0 saturated heterocycles. The predicted molar refractivity (Wildman–Crippen MR) is 68.8 cm³/mol. The second-order valence-electron chi connectivity index (χ2n) is 4.76. The molecule has 16 heavy (non-hydrogen) atoms. The SMILES string of the molecule is CC(C)C(S)C(=O)NCCOC1CCCC1. The minimum atomic E-state index is -0.216. The van der Waals surface area contributed by atoms with Crippen molar-refractivity contribution in [3.05, 3.63) is 0 Å². The van der Waals surface area contributed by atoms with Gasteiger partial charge >= 0.3 is 0 Å². The Morgan fingerprint density at radius 1 is 1.44 bits per heavy atom. The second-order valence-corrected chi connectivity index (χ2v) is 5.31. The molecule has 1 rings (SSSR count). The summed E-state index contributed by atoms with van der Waals surface area (Å²) in [6.07, 6.45) is 5.34. The largest absolute Gasteiger partial charge is 0.376 e. The Morgan fingerprint density at radius 3 is 2.62 bits per heavy atom. The average Bonchev–Trinajstić information content (AvgIpc) is 2.75. The number of rotatable bonds is 6. The van der Waals surface area contributed by atoms with Crippen LogP contribution in [0.3, 0.4) is 0 Å². The predicted octanol–water partition coefficient (Wildman–Crippen LogP) is 2.02. The Bertz CT molecular complexity index is 215. The zero-order valence-corrected chi connectivity index (χ0v) is 11.1. The number of ether oxygens (including phenoxy) is 1. The Balaban J connectivity index is 2.03. The molecule has 1 fully saturated rings. The van der Waals surface area contributed by atoms with Crippen LogP contribution < -0.4 is 5.32 Å². The highest BCUT2D eigenvalue weighted by atomic mass is 32.1. The van der Waals surface area contributed by atoms with E-state index in [1.165, 1.54) is 25.7 Å². The van der Waals surface area contributed by atoms with Crippen LogP contribution in [0, 0.1) is 5.92 Å². The molecule has 1 saturated carbocycles. The summed E-state index contributed by atoms with van der Waals surface area (Å²) in [6, 6.07) is 0. The molecule has 0 aromatic carbocycles. The van der Waals surface area contributed by atoms with Gasteiger partial charge in [-0.25, -0.2) is 0 Å². The van der Waals surface area contributed by atoms with Gasteiger partial charge in [-0.15, -0.1) is 0 Å². The number of thiol groups is 1. The number of carbonyl (C=O) groups is 1. The molecule has 0 spiro atoms. The summed E-state index contributed by atoms with van der Waals surface area (Å²) in [6.45, 7) is 5.20. The standard InChI is InChI=1S/C12H23NO2S/c1-9(2)11(16)12(14)13-7-8-15-10-5-3-4-6-10/h9-11,16H,3-8H2,1-2H3,(H,13,14). The lowest BCUT2D eigenvalue weighted by molar-refractivity contribution is -0.121. The molecule has 1 atom stereocenters. The highest BCUT2D eigenvalue weighted by molar-refractivity contribution is 7.81. The van der Waals surface area contributed by atoms with Crippen molar-refractivity contribution < 1.29 is 9.53 Å². The first-order valence-corrected chi connectivity index (χ1v) is 6.70. The van der Waals surface area contributed by atoms with E-state index in [0.29, 0.717) is 19.3 Å². The van der Waals surface area contributed by atoms with E-state index in [9.17, 15) is 4.79 Å². The van der Waals surface area contributed by atoms with Crippen molar-refractivity contribution in [3.8, 4) is 0 Å². The number of nitrogens with one attached hydrogen (secondary N) is 1. The lowest BCUT2D eigenvalue weighted by Gasteiger charge is -2.15. The van der Waals surface area contributed by atoms with Gasteiger partial charge in [0.15, 0.2) is 0 Å². The molecule has 0 radical (unpaired) electrons. The van der Waals surface area contributed by atoms with Gasteiger partial charge in [0.2, 0.25) is 5.91 Å². The average molecular weight is 245 g/mol. The van der Waals surface area contributed by atoms with E-state index in [-0.39, 0.29) is 17.1 Å². The summed E-state index contributed by atoms with van der Waals surface area (Å²) in [5.41, 5.74) is 0. The molecule has 1 N–H and O–H groups in total. The normalized spacial score (nSPS) is 19.0. The molecule has 1 unspecified atom stereocenters. The first-order valence-electron chi connectivity index (χ1n) is 6.18. The Kier molecular flexibility index (Phi) is 6.21. The lowest BCUT2D eigenvalue weighted by Crippen LogP contribution is -2.36. The van der Waals surface area contributed by atoms with Gasteiger partial charge in [-0.2, -0.15) is 12.6 Å². The molecular formula is C12H23NO2S. The Hall–Kier alpha value is -0.220. The lowest BCUT2D eigenvalue weighted by atomic mass is 10.1. The van der Waals surface area contributed by atoms with Gasteiger partial charge in [0.25, 0.3) is 0 Å². The van der Waals surface area contributed by atoms with Crippen molar-refractivity contribution in [2.45, 2.75) is 50.9 Å². The van der Waals surface area contributed by atoms with Crippen LogP contribution in [0.5, 0.6) is 0 Å². The van der Waals surface area contributed by atoms with Gasteiger partial charge in [0.1, 0.15) is 0 Å². The fourth-order valence-corrected chi connectivity index (χ4v) is 1.95. The molecule has 0 aromatic heterocycles. The van der Waals surface area contributed by atoms with E-state index in [1.54, 1.807) is 0 Å². The summed E-state index contributed by atoms with van der Waals surface area (Å²) < 4.78 is 5.65. The maximum Gasteiger partial charge on any atom is 0.233 e. The van der Waals surface area contributed by atoms with Crippen LogP contribution in [0.25, 0.3) is 0 Å². The van der Waals surface area contributed by atoms with Crippen LogP contribution in [0.15, 0.2) is 0 Å². The number of hydrogen-bond donors (Lipinski definition) is 2. The third kappa shape index (κ3) is 4.74. The maximum absolute atomic E-state index is 11.5. The van der Waals surface area contributed by atoms with E-state index < -0.39 is 0 Å². The summed E-state index contributed by atoms with van der Waals surface area (Å²) in [7, 11) is 0. The van der Waals surface area contributed by atoms with E-state index >= 15 is 0 Å². The molecule has 1 amide bonds. The van der Waals surface area contributed by atoms with Crippen molar-refractivity contribution in [2.75, 3.05) is 13.2 Å². The van der Waals surface area contributed by atoms with E-state index in [4.69, 9.17) is 4.74 Å². The van der Waals surface area contributed by atoms with Crippen LogP contribution in [0.4, 0.5) is 0 Å². The minimum absolute atomic E-state index is 0.00774. The van der Waals surface area contributed by atoms with Crippen molar-refractivity contribution >= 4 is 18.5 Å². The smallest absolute Gasteiger partial charge is 0.233 e. The molecule has 0 aliphatic heterocycles. The molecule has 0 heterocycles.